The molecule has 2 aliphatic heterocycles. The molecule has 28 heavy (non-hydrogen) atoms. The molecule has 0 aromatic carbocycles. The van der Waals surface area contributed by atoms with Crippen LogP contribution >= 0.6 is 0 Å². The van der Waals surface area contributed by atoms with Gasteiger partial charge in [0.05, 0.1) is 0 Å². The van der Waals surface area contributed by atoms with E-state index in [0.717, 1.165) is 43.7 Å². The molecule has 0 spiro atoms. The van der Waals surface area contributed by atoms with Gasteiger partial charge in [-0.2, -0.15) is 0 Å². The Bertz CT molecular complexity index is 956. The van der Waals surface area contributed by atoms with Crippen molar-refractivity contribution in [1.82, 2.24) is 18.9 Å². The number of hydrogen-bond acceptors (Lipinski definition) is 4. The average molecular weight is 383 g/mol. The molecule has 6 heteroatoms. The maximum absolute atomic E-state index is 13.0. The van der Waals surface area contributed by atoms with E-state index >= 15 is 0 Å². The molecule has 150 valence electrons. The van der Waals surface area contributed by atoms with Crippen molar-refractivity contribution < 1.29 is 4.79 Å². The Kier molecular flexibility index (Phi) is 5.02. The maximum Gasteiger partial charge on any atom is 0.255 e. The zero-order valence-electron chi connectivity index (χ0n) is 17.3. The first-order valence-corrected chi connectivity index (χ1v) is 10.1. The number of Topliss-reactive ketones (excluding diaryl/α,β-unsaturated/α-hetero) is 1. The Labute approximate surface area is 166 Å². The predicted octanol–water partition coefficient (Wildman–Crippen LogP) is 2.07. The van der Waals surface area contributed by atoms with Gasteiger partial charge >= 0.3 is 0 Å². The van der Waals surface area contributed by atoms with Gasteiger partial charge in [0, 0.05) is 74.4 Å². The highest BCUT2D eigenvalue weighted by Gasteiger charge is 2.35. The molecule has 0 N–H and O–H groups in total. The van der Waals surface area contributed by atoms with E-state index in [9.17, 15) is 9.59 Å². The number of carbonyl (C=O) groups is 1. The fraction of sp³-hybridized carbons (Fsp3) is 0.545. The van der Waals surface area contributed by atoms with Crippen molar-refractivity contribution in [2.75, 3.05) is 27.2 Å². The molecule has 4 rings (SSSR count). The van der Waals surface area contributed by atoms with E-state index in [1.165, 1.54) is 11.4 Å². The van der Waals surface area contributed by atoms with Crippen LogP contribution in [0.4, 0.5) is 0 Å². The Hall–Kier alpha value is -2.18. The molecule has 2 aliphatic rings. The number of ketones is 1. The summed E-state index contributed by atoms with van der Waals surface area (Å²) in [7, 11) is 6.00. The Morgan fingerprint density at radius 2 is 2.00 bits per heavy atom. The molecule has 0 aliphatic carbocycles. The second kappa shape index (κ2) is 7.33. The molecule has 2 aromatic rings. The van der Waals surface area contributed by atoms with Gasteiger partial charge in [-0.15, -0.1) is 0 Å². The SMILES string of the molecule is CC(=O)c1cc(CN2C[C@@H]3C[C@H](C2)c2ccc(CN(C)C)c(=O)n2C3)n(C)c1. The highest BCUT2D eigenvalue weighted by molar-refractivity contribution is 5.94. The van der Waals surface area contributed by atoms with Crippen molar-refractivity contribution in [3.8, 4) is 0 Å². The molecule has 1 fully saturated rings. The van der Waals surface area contributed by atoms with E-state index in [1.54, 1.807) is 6.92 Å². The summed E-state index contributed by atoms with van der Waals surface area (Å²) in [5.74, 6) is 1.02. The van der Waals surface area contributed by atoms with E-state index in [1.807, 2.05) is 48.9 Å². The molecule has 6 nitrogen and oxygen atoms in total. The highest BCUT2D eigenvalue weighted by Crippen LogP contribution is 2.35. The van der Waals surface area contributed by atoms with E-state index in [2.05, 4.69) is 15.5 Å². The average Bonchev–Trinajstić information content (AvgIpc) is 2.98. The van der Waals surface area contributed by atoms with Gasteiger partial charge in [-0.25, -0.2) is 0 Å². The van der Waals surface area contributed by atoms with Gasteiger partial charge in [-0.1, -0.05) is 6.07 Å². The van der Waals surface area contributed by atoms with Crippen LogP contribution in [0.2, 0.25) is 0 Å². The van der Waals surface area contributed by atoms with Crippen molar-refractivity contribution in [1.29, 1.82) is 0 Å². The summed E-state index contributed by atoms with van der Waals surface area (Å²) in [5.41, 5.74) is 4.20. The van der Waals surface area contributed by atoms with Gasteiger partial charge < -0.3 is 14.0 Å². The van der Waals surface area contributed by atoms with Gasteiger partial charge in [-0.05, 0) is 45.5 Å². The third-order valence-electron chi connectivity index (χ3n) is 6.15. The maximum atomic E-state index is 13.0. The third-order valence-corrected chi connectivity index (χ3v) is 6.15. The predicted molar refractivity (Wildman–Crippen MR) is 110 cm³/mol. The summed E-state index contributed by atoms with van der Waals surface area (Å²) in [4.78, 5) is 29.1. The quantitative estimate of drug-likeness (QED) is 0.743. The second-order valence-corrected chi connectivity index (χ2v) is 8.82. The monoisotopic (exact) mass is 382 g/mol. The molecule has 2 aromatic heterocycles. The molecule has 1 saturated heterocycles. The normalized spacial score (nSPS) is 21.8. The number of aromatic nitrogens is 2. The summed E-state index contributed by atoms with van der Waals surface area (Å²) >= 11 is 0. The zero-order chi connectivity index (χ0) is 20.0. The first-order chi connectivity index (χ1) is 13.3. The minimum atomic E-state index is 0.110. The molecule has 0 amide bonds. The first-order valence-electron chi connectivity index (χ1n) is 10.1. The smallest absolute Gasteiger partial charge is 0.255 e. The van der Waals surface area contributed by atoms with Crippen LogP contribution in [0.15, 0.2) is 29.2 Å². The summed E-state index contributed by atoms with van der Waals surface area (Å²) < 4.78 is 4.10. The summed E-state index contributed by atoms with van der Waals surface area (Å²) in [6, 6.07) is 6.20. The minimum Gasteiger partial charge on any atom is -0.353 e. The van der Waals surface area contributed by atoms with Crippen molar-refractivity contribution >= 4 is 5.78 Å². The molecule has 2 bridgehead atoms. The van der Waals surface area contributed by atoms with Crippen molar-refractivity contribution in [2.45, 2.75) is 38.9 Å². The third kappa shape index (κ3) is 3.59. The molecule has 0 unspecified atom stereocenters. The van der Waals surface area contributed by atoms with Gasteiger partial charge in [0.2, 0.25) is 0 Å². The topological polar surface area (TPSA) is 50.5 Å². The summed E-state index contributed by atoms with van der Waals surface area (Å²) in [6.45, 7) is 5.93. The first kappa shape index (κ1) is 19.2. The van der Waals surface area contributed by atoms with Crippen molar-refractivity contribution in [3.05, 3.63) is 57.3 Å². The summed E-state index contributed by atoms with van der Waals surface area (Å²) in [6.07, 6.45) is 3.08. The number of pyridine rings is 1. The number of piperidine rings is 1. The molecular formula is C22H30N4O2. The van der Waals surface area contributed by atoms with Crippen LogP contribution in [0.3, 0.4) is 0 Å². The molecule has 0 saturated carbocycles. The second-order valence-electron chi connectivity index (χ2n) is 8.82. The number of rotatable bonds is 5. The largest absolute Gasteiger partial charge is 0.353 e. The van der Waals surface area contributed by atoms with E-state index in [-0.39, 0.29) is 11.3 Å². The number of nitrogens with zero attached hydrogens (tertiary/aromatic N) is 4. The van der Waals surface area contributed by atoms with Gasteiger partial charge in [0.1, 0.15) is 0 Å². The Balaban J connectivity index is 1.55. The van der Waals surface area contributed by atoms with Gasteiger partial charge in [-0.3, -0.25) is 14.5 Å². The van der Waals surface area contributed by atoms with Crippen LogP contribution in [0.1, 0.15) is 46.6 Å². The highest BCUT2D eigenvalue weighted by atomic mass is 16.1. The lowest BCUT2D eigenvalue weighted by atomic mass is 9.83. The Morgan fingerprint density at radius 1 is 1.21 bits per heavy atom. The van der Waals surface area contributed by atoms with Crippen LogP contribution in [0, 0.1) is 5.92 Å². The minimum absolute atomic E-state index is 0.110. The van der Waals surface area contributed by atoms with Gasteiger partial charge in [0.15, 0.2) is 5.78 Å². The number of carbonyl (C=O) groups excluding carboxylic acids is 1. The van der Waals surface area contributed by atoms with Crippen LogP contribution in [0.25, 0.3) is 0 Å². The van der Waals surface area contributed by atoms with E-state index in [4.69, 9.17) is 0 Å². The Morgan fingerprint density at radius 3 is 2.68 bits per heavy atom. The number of hydrogen-bond donors (Lipinski definition) is 0. The molecular weight excluding hydrogens is 352 g/mol. The van der Waals surface area contributed by atoms with Crippen LogP contribution in [0.5, 0.6) is 0 Å². The lowest BCUT2D eigenvalue weighted by Crippen LogP contribution is -2.47. The van der Waals surface area contributed by atoms with Crippen LogP contribution in [-0.2, 0) is 26.7 Å². The van der Waals surface area contributed by atoms with Crippen LogP contribution in [-0.4, -0.2) is 51.9 Å². The standard InChI is InChI=1S/C22H30N4O2/c1-15(27)18-8-20(24(4)12-18)14-25-9-16-7-19(13-25)21-6-5-17(11-23(2)3)22(28)26(21)10-16/h5-6,8,12,16,19H,7,9-11,13-14H2,1-4H3/t16-,19+/m0/s1. The molecule has 2 atom stereocenters. The van der Waals surface area contributed by atoms with Crippen molar-refractivity contribution in [3.63, 3.8) is 0 Å². The number of fused-ring (bicyclic) bond motifs is 4. The molecule has 0 radical (unpaired) electrons. The lowest BCUT2D eigenvalue weighted by molar-refractivity contribution is 0.101. The fourth-order valence-electron chi connectivity index (χ4n) is 4.87. The van der Waals surface area contributed by atoms with E-state index < -0.39 is 0 Å². The van der Waals surface area contributed by atoms with Crippen LogP contribution < -0.4 is 5.56 Å². The zero-order valence-corrected chi connectivity index (χ0v) is 17.3. The number of aryl methyl sites for hydroxylation is 1. The fourth-order valence-corrected chi connectivity index (χ4v) is 4.87. The van der Waals surface area contributed by atoms with E-state index in [0.29, 0.717) is 18.4 Å². The van der Waals surface area contributed by atoms with Gasteiger partial charge in [0.25, 0.3) is 5.56 Å². The lowest BCUT2D eigenvalue weighted by Gasteiger charge is -2.43. The van der Waals surface area contributed by atoms with Crippen molar-refractivity contribution in [2.24, 2.45) is 13.0 Å². The number of likely N-dealkylation sites (tertiary alicyclic amines) is 1. The molecule has 4 heterocycles. The summed E-state index contributed by atoms with van der Waals surface area (Å²) in [5, 5.41) is 0.